The lowest BCUT2D eigenvalue weighted by Gasteiger charge is -2.32. The van der Waals surface area contributed by atoms with E-state index < -0.39 is 5.97 Å². The van der Waals surface area contributed by atoms with E-state index in [9.17, 15) is 9.59 Å². The van der Waals surface area contributed by atoms with Gasteiger partial charge in [0, 0.05) is 30.5 Å². The van der Waals surface area contributed by atoms with Crippen LogP contribution >= 0.6 is 0 Å². The minimum Gasteiger partial charge on any atom is -0.461 e. The standard InChI is InChI=1S/C31H37NO4/c1-22(2)32(23(3)4)19-18-28(26-12-8-6-9-13-26)29-20-25(21-35-24(5)33)16-17-30(29)36-31(34)27-14-10-7-11-15-27/h6-17,20,22-23,28H,18-19,21H2,1-5H3/t28-/m1/s1. The third kappa shape index (κ3) is 7.53. The molecular weight excluding hydrogens is 450 g/mol. The summed E-state index contributed by atoms with van der Waals surface area (Å²) in [6, 6.07) is 25.8. The summed E-state index contributed by atoms with van der Waals surface area (Å²) in [5.74, 6) is -0.227. The first-order valence-corrected chi connectivity index (χ1v) is 12.6. The summed E-state index contributed by atoms with van der Waals surface area (Å²) >= 11 is 0. The van der Waals surface area contributed by atoms with Crippen molar-refractivity contribution in [3.8, 4) is 5.75 Å². The Morgan fingerprint density at radius 1 is 0.833 bits per heavy atom. The summed E-state index contributed by atoms with van der Waals surface area (Å²) in [6.07, 6.45) is 0.841. The van der Waals surface area contributed by atoms with Crippen molar-refractivity contribution in [3.63, 3.8) is 0 Å². The van der Waals surface area contributed by atoms with Crippen LogP contribution in [0.2, 0.25) is 0 Å². The van der Waals surface area contributed by atoms with Crippen LogP contribution in [0.1, 0.15) is 74.0 Å². The minimum absolute atomic E-state index is 0.0120. The van der Waals surface area contributed by atoms with Gasteiger partial charge in [-0.05, 0) is 76.1 Å². The predicted molar refractivity (Wildman–Crippen MR) is 143 cm³/mol. The third-order valence-electron chi connectivity index (χ3n) is 6.31. The Labute approximate surface area is 215 Å². The smallest absolute Gasteiger partial charge is 0.343 e. The van der Waals surface area contributed by atoms with Crippen molar-refractivity contribution in [1.29, 1.82) is 0 Å². The highest BCUT2D eigenvalue weighted by Gasteiger charge is 2.24. The highest BCUT2D eigenvalue weighted by molar-refractivity contribution is 5.91. The van der Waals surface area contributed by atoms with Gasteiger partial charge in [-0.1, -0.05) is 54.6 Å². The minimum atomic E-state index is -0.401. The lowest BCUT2D eigenvalue weighted by Crippen LogP contribution is -2.38. The molecule has 0 aromatic heterocycles. The van der Waals surface area contributed by atoms with Crippen LogP contribution in [0.25, 0.3) is 0 Å². The molecule has 0 bridgehead atoms. The van der Waals surface area contributed by atoms with Crippen LogP contribution in [0.15, 0.2) is 78.9 Å². The second-order valence-corrected chi connectivity index (χ2v) is 9.59. The highest BCUT2D eigenvalue weighted by Crippen LogP contribution is 2.36. The number of hydrogen-bond acceptors (Lipinski definition) is 5. The molecule has 0 aliphatic carbocycles. The Morgan fingerprint density at radius 3 is 2.03 bits per heavy atom. The number of ether oxygens (including phenoxy) is 2. The molecule has 1 atom stereocenters. The molecule has 0 spiro atoms. The predicted octanol–water partition coefficient (Wildman–Crippen LogP) is 6.61. The zero-order valence-corrected chi connectivity index (χ0v) is 21.9. The fraction of sp³-hybridized carbons (Fsp3) is 0.355. The molecule has 0 amide bonds. The molecule has 0 unspecified atom stereocenters. The van der Waals surface area contributed by atoms with E-state index in [1.807, 2.05) is 54.6 Å². The Balaban J connectivity index is 2.03. The molecule has 3 rings (SSSR count). The molecule has 0 fully saturated rings. The molecule has 0 saturated carbocycles. The molecule has 0 radical (unpaired) electrons. The molecule has 5 heteroatoms. The molecule has 0 aliphatic heterocycles. The van der Waals surface area contributed by atoms with Crippen molar-refractivity contribution in [2.45, 2.75) is 65.6 Å². The maximum Gasteiger partial charge on any atom is 0.343 e. The van der Waals surface area contributed by atoms with Gasteiger partial charge in [0.2, 0.25) is 0 Å². The Hall–Kier alpha value is -3.44. The van der Waals surface area contributed by atoms with E-state index in [1.165, 1.54) is 6.92 Å². The second kappa shape index (κ2) is 13.0. The first kappa shape index (κ1) is 27.2. The van der Waals surface area contributed by atoms with Crippen molar-refractivity contribution in [2.24, 2.45) is 0 Å². The first-order valence-electron chi connectivity index (χ1n) is 12.6. The summed E-state index contributed by atoms with van der Waals surface area (Å²) < 4.78 is 11.2. The number of benzene rings is 3. The Bertz CT molecular complexity index is 1120. The second-order valence-electron chi connectivity index (χ2n) is 9.59. The fourth-order valence-electron chi connectivity index (χ4n) is 4.55. The van der Waals surface area contributed by atoms with Crippen LogP contribution in [-0.2, 0) is 16.1 Å². The van der Waals surface area contributed by atoms with Crippen LogP contribution in [0, 0.1) is 0 Å². The fourth-order valence-corrected chi connectivity index (χ4v) is 4.55. The summed E-state index contributed by atoms with van der Waals surface area (Å²) in [7, 11) is 0. The van der Waals surface area contributed by atoms with E-state index >= 15 is 0 Å². The average Bonchev–Trinajstić information content (AvgIpc) is 2.86. The zero-order valence-electron chi connectivity index (χ0n) is 21.9. The summed E-state index contributed by atoms with van der Waals surface area (Å²) in [5.41, 5.74) is 3.40. The number of hydrogen-bond donors (Lipinski definition) is 0. The van der Waals surface area contributed by atoms with Gasteiger partial charge < -0.3 is 9.47 Å². The Morgan fingerprint density at radius 2 is 1.44 bits per heavy atom. The lowest BCUT2D eigenvalue weighted by molar-refractivity contribution is -0.142. The van der Waals surface area contributed by atoms with Crippen molar-refractivity contribution in [1.82, 2.24) is 4.90 Å². The van der Waals surface area contributed by atoms with Gasteiger partial charge in [0.25, 0.3) is 0 Å². The van der Waals surface area contributed by atoms with Gasteiger partial charge in [-0.15, -0.1) is 0 Å². The number of carbonyl (C=O) groups is 2. The maximum absolute atomic E-state index is 13.0. The maximum atomic E-state index is 13.0. The molecule has 3 aromatic rings. The zero-order chi connectivity index (χ0) is 26.1. The van der Waals surface area contributed by atoms with Gasteiger partial charge >= 0.3 is 11.9 Å². The molecule has 0 heterocycles. The monoisotopic (exact) mass is 487 g/mol. The number of rotatable bonds is 11. The van der Waals surface area contributed by atoms with Crippen LogP contribution in [0.4, 0.5) is 0 Å². The summed E-state index contributed by atoms with van der Waals surface area (Å²) in [4.78, 5) is 26.9. The van der Waals surface area contributed by atoms with Gasteiger partial charge in [-0.2, -0.15) is 0 Å². The van der Waals surface area contributed by atoms with Crippen LogP contribution in [-0.4, -0.2) is 35.5 Å². The van der Waals surface area contributed by atoms with Crippen molar-refractivity contribution >= 4 is 11.9 Å². The molecule has 36 heavy (non-hydrogen) atoms. The van der Waals surface area contributed by atoms with Crippen molar-refractivity contribution < 1.29 is 19.1 Å². The topological polar surface area (TPSA) is 55.8 Å². The number of carbonyl (C=O) groups excluding carboxylic acids is 2. The highest BCUT2D eigenvalue weighted by atomic mass is 16.5. The van der Waals surface area contributed by atoms with E-state index in [0.29, 0.717) is 23.4 Å². The molecule has 3 aromatic carbocycles. The van der Waals surface area contributed by atoms with Crippen LogP contribution in [0.5, 0.6) is 5.75 Å². The van der Waals surface area contributed by atoms with Gasteiger partial charge in [-0.25, -0.2) is 4.79 Å². The van der Waals surface area contributed by atoms with Gasteiger partial charge in [-0.3, -0.25) is 9.69 Å². The van der Waals surface area contributed by atoms with E-state index in [2.05, 4.69) is 44.7 Å². The van der Waals surface area contributed by atoms with E-state index in [4.69, 9.17) is 9.47 Å². The van der Waals surface area contributed by atoms with Crippen molar-refractivity contribution in [3.05, 3.63) is 101 Å². The molecule has 190 valence electrons. The molecule has 0 saturated heterocycles. The number of nitrogens with zero attached hydrogens (tertiary/aromatic N) is 1. The van der Waals surface area contributed by atoms with Crippen molar-refractivity contribution in [2.75, 3.05) is 6.54 Å². The largest absolute Gasteiger partial charge is 0.461 e. The average molecular weight is 488 g/mol. The lowest BCUT2D eigenvalue weighted by atomic mass is 9.86. The van der Waals surface area contributed by atoms with E-state index in [1.54, 1.807) is 12.1 Å². The van der Waals surface area contributed by atoms with Crippen LogP contribution < -0.4 is 4.74 Å². The van der Waals surface area contributed by atoms with Gasteiger partial charge in [0.05, 0.1) is 5.56 Å². The number of esters is 2. The van der Waals surface area contributed by atoms with E-state index in [-0.39, 0.29) is 18.5 Å². The summed E-state index contributed by atoms with van der Waals surface area (Å²) in [6.45, 7) is 11.3. The Kier molecular flexibility index (Phi) is 9.83. The normalized spacial score (nSPS) is 12.1. The van der Waals surface area contributed by atoms with E-state index in [0.717, 1.165) is 29.7 Å². The first-order chi connectivity index (χ1) is 17.3. The van der Waals surface area contributed by atoms with Gasteiger partial charge in [0.15, 0.2) is 0 Å². The molecular formula is C31H37NO4. The SMILES string of the molecule is CC(=O)OCc1ccc(OC(=O)c2ccccc2)c([C@H](CCN(C(C)C)C(C)C)c2ccccc2)c1. The molecule has 0 aliphatic rings. The quantitative estimate of drug-likeness (QED) is 0.225. The molecule has 5 nitrogen and oxygen atoms in total. The molecule has 0 N–H and O–H groups in total. The summed E-state index contributed by atoms with van der Waals surface area (Å²) in [5, 5.41) is 0. The third-order valence-corrected chi connectivity index (χ3v) is 6.31. The van der Waals surface area contributed by atoms with Gasteiger partial charge in [0.1, 0.15) is 12.4 Å². The van der Waals surface area contributed by atoms with Crippen LogP contribution in [0.3, 0.4) is 0 Å².